The van der Waals surface area contributed by atoms with Crippen molar-refractivity contribution in [3.63, 3.8) is 0 Å². The molecule has 1 aliphatic rings. The van der Waals surface area contributed by atoms with Crippen LogP contribution >= 0.6 is 11.6 Å². The third-order valence-electron chi connectivity index (χ3n) is 4.98. The van der Waals surface area contributed by atoms with E-state index in [1.807, 2.05) is 18.2 Å². The minimum absolute atomic E-state index is 0. The van der Waals surface area contributed by atoms with Gasteiger partial charge in [-0.1, -0.05) is 63.1 Å². The second-order valence-corrected chi connectivity index (χ2v) is 6.90. The molecule has 0 spiro atoms. The van der Waals surface area contributed by atoms with Crippen LogP contribution < -0.4 is 4.74 Å². The van der Waals surface area contributed by atoms with Crippen molar-refractivity contribution in [3.8, 4) is 16.9 Å². The lowest BCUT2D eigenvalue weighted by molar-refractivity contribution is 0.348. The molecular weight excluding hydrogens is 323 g/mol. The first-order valence-corrected chi connectivity index (χ1v) is 8.60. The van der Waals surface area contributed by atoms with Crippen LogP contribution in [-0.2, 0) is 0 Å². The number of benzene rings is 2. The van der Waals surface area contributed by atoms with Gasteiger partial charge in [0, 0.05) is 6.99 Å². The fourth-order valence-electron chi connectivity index (χ4n) is 3.44. The van der Waals surface area contributed by atoms with Gasteiger partial charge >= 0.3 is 0 Å². The van der Waals surface area contributed by atoms with Crippen LogP contribution in [0.5, 0.6) is 5.75 Å². The normalized spacial score (nSPS) is 20.3. The number of ether oxygens (including phenoxy) is 1. The summed E-state index contributed by atoms with van der Waals surface area (Å²) >= 11 is 6.16. The van der Waals surface area contributed by atoms with Crippen molar-refractivity contribution in [1.29, 1.82) is 0 Å². The Labute approximate surface area is 151 Å². The van der Waals surface area contributed by atoms with Crippen molar-refractivity contribution < 1.29 is 10.6 Å². The molecule has 0 amide bonds. The van der Waals surface area contributed by atoms with E-state index in [4.69, 9.17) is 16.3 Å². The molecule has 3 rings (SSSR count). The van der Waals surface area contributed by atoms with Gasteiger partial charge in [0.2, 0.25) is 0 Å². The van der Waals surface area contributed by atoms with Gasteiger partial charge in [-0.15, -0.1) is 0 Å². The molecule has 2 aromatic rings. The molecule has 24 heavy (non-hydrogen) atoms. The maximum Gasteiger partial charge on any atom is 0.184 e. The number of methoxy groups -OCH3 is 1. The number of rotatable bonds is 3. The Balaban J connectivity index is 0.00000156. The first-order chi connectivity index (χ1) is 11.1. The van der Waals surface area contributed by atoms with Crippen LogP contribution in [0, 0.1) is 11.7 Å². The molecule has 1 fully saturated rings. The molecule has 2 aromatic carbocycles. The van der Waals surface area contributed by atoms with Crippen molar-refractivity contribution in [2.24, 2.45) is 5.92 Å². The summed E-state index contributed by atoms with van der Waals surface area (Å²) in [7, 11) is 1.44. The van der Waals surface area contributed by atoms with E-state index in [1.54, 1.807) is 6.07 Å². The van der Waals surface area contributed by atoms with E-state index in [1.165, 1.54) is 38.4 Å². The van der Waals surface area contributed by atoms with Crippen molar-refractivity contribution in [1.82, 2.24) is 0 Å². The molecule has 3 heteroatoms. The van der Waals surface area contributed by atoms with Crippen LogP contribution in [0.25, 0.3) is 11.1 Å². The zero-order chi connectivity index (χ0) is 16.4. The van der Waals surface area contributed by atoms with Gasteiger partial charge in [0.25, 0.3) is 0 Å². The monoisotopic (exact) mass is 350 g/mol. The third-order valence-corrected chi connectivity index (χ3v) is 5.35. The standard InChI is InChI=1S/C20H22ClFO.CH4.H2/c1-13-3-5-14(6-4-13)15-7-9-16(10-8-15)17-11-12-18(23-2)20(22)19(17)21;;/h7-14H,3-6H2,1-2H3;1H4;1H. The lowest BCUT2D eigenvalue weighted by Gasteiger charge is -2.26. The van der Waals surface area contributed by atoms with Gasteiger partial charge in [-0.3, -0.25) is 0 Å². The van der Waals surface area contributed by atoms with E-state index in [-0.39, 0.29) is 19.6 Å². The second kappa shape index (κ2) is 8.02. The molecule has 1 nitrogen and oxygen atoms in total. The Bertz CT molecular complexity index is 679. The first-order valence-electron chi connectivity index (χ1n) is 8.22. The lowest BCUT2D eigenvalue weighted by atomic mass is 9.79. The number of hydrogen-bond donors (Lipinski definition) is 0. The summed E-state index contributed by atoms with van der Waals surface area (Å²) in [6.07, 6.45) is 5.14. The second-order valence-electron chi connectivity index (χ2n) is 6.52. The van der Waals surface area contributed by atoms with Gasteiger partial charge in [0.15, 0.2) is 11.6 Å². The summed E-state index contributed by atoms with van der Waals surface area (Å²) < 4.78 is 19.1. The molecule has 1 saturated carbocycles. The molecule has 1 aliphatic carbocycles. The average Bonchev–Trinajstić information content (AvgIpc) is 2.58. The van der Waals surface area contributed by atoms with E-state index in [0.29, 0.717) is 11.5 Å². The topological polar surface area (TPSA) is 9.23 Å². The molecule has 0 aromatic heterocycles. The van der Waals surface area contributed by atoms with E-state index >= 15 is 0 Å². The number of halogens is 2. The van der Waals surface area contributed by atoms with Gasteiger partial charge in [0.05, 0.1) is 12.1 Å². The Morgan fingerprint density at radius 2 is 1.67 bits per heavy atom. The van der Waals surface area contributed by atoms with Crippen molar-refractivity contribution in [2.75, 3.05) is 7.11 Å². The van der Waals surface area contributed by atoms with Crippen molar-refractivity contribution >= 4 is 11.6 Å². The average molecular weight is 351 g/mol. The van der Waals surface area contributed by atoms with Gasteiger partial charge in [-0.25, -0.2) is 4.39 Å². The van der Waals surface area contributed by atoms with Gasteiger partial charge < -0.3 is 4.74 Å². The van der Waals surface area contributed by atoms with Crippen molar-refractivity contribution in [3.05, 3.63) is 52.8 Å². The Morgan fingerprint density at radius 1 is 1.04 bits per heavy atom. The molecule has 0 bridgehead atoms. The maximum absolute atomic E-state index is 14.1. The molecule has 0 unspecified atom stereocenters. The fraction of sp³-hybridized carbons (Fsp3) is 0.429. The molecule has 0 heterocycles. The summed E-state index contributed by atoms with van der Waals surface area (Å²) in [5, 5.41) is 0.114. The predicted octanol–water partition coefficient (Wildman–Crippen LogP) is 7.33. The quantitative estimate of drug-likeness (QED) is 0.563. The Hall–Kier alpha value is -1.54. The van der Waals surface area contributed by atoms with E-state index < -0.39 is 5.82 Å². The minimum Gasteiger partial charge on any atom is -0.494 e. The van der Waals surface area contributed by atoms with Crippen LogP contribution in [0.15, 0.2) is 36.4 Å². The highest BCUT2D eigenvalue weighted by molar-refractivity contribution is 6.33. The van der Waals surface area contributed by atoms with Crippen LogP contribution in [0.4, 0.5) is 4.39 Å². The minimum atomic E-state index is -0.503. The molecule has 0 atom stereocenters. The number of hydrogen-bond acceptors (Lipinski definition) is 1. The van der Waals surface area contributed by atoms with Crippen LogP contribution in [-0.4, -0.2) is 7.11 Å². The largest absolute Gasteiger partial charge is 0.494 e. The van der Waals surface area contributed by atoms with Crippen molar-refractivity contribution in [2.45, 2.75) is 46.0 Å². The van der Waals surface area contributed by atoms with E-state index in [2.05, 4.69) is 19.1 Å². The van der Waals surface area contributed by atoms with Gasteiger partial charge in [0.1, 0.15) is 0 Å². The predicted molar refractivity (Wildman–Crippen MR) is 103 cm³/mol. The van der Waals surface area contributed by atoms with Crippen LogP contribution in [0.2, 0.25) is 5.02 Å². The SMILES string of the molecule is C.COc1ccc(-c2ccc(C3CCC(C)CC3)cc2)c(Cl)c1F.[HH]. The van der Waals surface area contributed by atoms with E-state index in [0.717, 1.165) is 11.5 Å². The molecular formula is C21H28ClFO. The zero-order valence-electron chi connectivity index (χ0n) is 13.6. The first kappa shape index (κ1) is 18.8. The highest BCUT2D eigenvalue weighted by Crippen LogP contribution is 2.38. The maximum atomic E-state index is 14.1. The van der Waals surface area contributed by atoms with Crippen LogP contribution in [0.3, 0.4) is 0 Å². The van der Waals surface area contributed by atoms with E-state index in [9.17, 15) is 4.39 Å². The summed E-state index contributed by atoms with van der Waals surface area (Å²) in [5.41, 5.74) is 3.02. The van der Waals surface area contributed by atoms with Gasteiger partial charge in [-0.05, 0) is 47.9 Å². The highest BCUT2D eigenvalue weighted by atomic mass is 35.5. The van der Waals surface area contributed by atoms with Gasteiger partial charge in [-0.2, -0.15) is 0 Å². The highest BCUT2D eigenvalue weighted by Gasteiger charge is 2.20. The molecule has 0 saturated heterocycles. The Kier molecular flexibility index (Phi) is 6.28. The smallest absolute Gasteiger partial charge is 0.184 e. The Morgan fingerprint density at radius 3 is 2.25 bits per heavy atom. The summed E-state index contributed by atoms with van der Waals surface area (Å²) in [5.74, 6) is 1.18. The molecule has 132 valence electrons. The molecule has 0 N–H and O–H groups in total. The summed E-state index contributed by atoms with van der Waals surface area (Å²) in [4.78, 5) is 0. The fourth-order valence-corrected chi connectivity index (χ4v) is 3.71. The summed E-state index contributed by atoms with van der Waals surface area (Å²) in [6.45, 7) is 2.33. The molecule has 0 radical (unpaired) electrons. The zero-order valence-corrected chi connectivity index (χ0v) is 14.4. The summed E-state index contributed by atoms with van der Waals surface area (Å²) in [6, 6.07) is 11.8. The van der Waals surface area contributed by atoms with Crippen LogP contribution in [0.1, 0.15) is 52.9 Å². The lowest BCUT2D eigenvalue weighted by Crippen LogP contribution is -2.10. The molecule has 0 aliphatic heterocycles. The third kappa shape index (κ3) is 3.75.